The molecule has 0 aliphatic carbocycles. The summed E-state index contributed by atoms with van der Waals surface area (Å²) < 4.78 is 59.9. The molecule has 2 atom stereocenters. The lowest BCUT2D eigenvalue weighted by Crippen LogP contribution is -2.23. The number of hydrogen-bond acceptors (Lipinski definition) is 2. The molecule has 20 heavy (non-hydrogen) atoms. The van der Waals surface area contributed by atoms with Crippen LogP contribution in [0.4, 0.5) is 13.2 Å². The minimum Gasteiger partial charge on any atom is -0.214 e. The third-order valence-corrected chi connectivity index (χ3v) is 5.16. The van der Waals surface area contributed by atoms with E-state index in [0.717, 1.165) is 17.7 Å². The van der Waals surface area contributed by atoms with Gasteiger partial charge < -0.3 is 0 Å². The highest BCUT2D eigenvalue weighted by molar-refractivity contribution is 9.09. The number of hydrogen-bond donors (Lipinski definition) is 0. The molecule has 0 spiro atoms. The first-order valence-corrected chi connectivity index (χ1v) is 8.43. The van der Waals surface area contributed by atoms with Crippen molar-refractivity contribution in [2.45, 2.75) is 41.9 Å². The van der Waals surface area contributed by atoms with E-state index in [-0.39, 0.29) is 16.7 Å². The number of alkyl halides is 4. The molecule has 114 valence electrons. The van der Waals surface area contributed by atoms with Gasteiger partial charge in [0.25, 0.3) is 9.84 Å². The minimum absolute atomic E-state index is 0.0950. The molecule has 0 N–H and O–H groups in total. The molecule has 1 aromatic carbocycles. The summed E-state index contributed by atoms with van der Waals surface area (Å²) in [6.07, 6.45) is 0. The Bertz CT molecular complexity index is 540. The van der Waals surface area contributed by atoms with E-state index >= 15 is 0 Å². The van der Waals surface area contributed by atoms with E-state index in [0.29, 0.717) is 0 Å². The normalized spacial score (nSPS) is 16.2. The quantitative estimate of drug-likeness (QED) is 0.729. The minimum atomic E-state index is -5.27. The van der Waals surface area contributed by atoms with Gasteiger partial charge in [0.2, 0.25) is 0 Å². The van der Waals surface area contributed by atoms with Crippen molar-refractivity contribution in [1.82, 2.24) is 0 Å². The van der Waals surface area contributed by atoms with Crippen LogP contribution in [0.2, 0.25) is 0 Å². The van der Waals surface area contributed by atoms with Gasteiger partial charge in [-0.2, -0.15) is 13.2 Å². The fraction of sp³-hybridized carbons (Fsp3) is 0.538. The number of halogens is 4. The molecular weight excluding hydrogens is 357 g/mol. The van der Waals surface area contributed by atoms with Gasteiger partial charge in [-0.05, 0) is 29.5 Å². The molecule has 0 amide bonds. The van der Waals surface area contributed by atoms with Crippen molar-refractivity contribution >= 4 is 25.8 Å². The largest absolute Gasteiger partial charge is 0.501 e. The second-order valence-corrected chi connectivity index (χ2v) is 8.35. The van der Waals surface area contributed by atoms with Gasteiger partial charge in [0.05, 0.1) is 4.90 Å². The highest BCUT2D eigenvalue weighted by Crippen LogP contribution is 2.34. The van der Waals surface area contributed by atoms with Crippen molar-refractivity contribution < 1.29 is 21.6 Å². The monoisotopic (exact) mass is 372 g/mol. The third-order valence-electron chi connectivity index (χ3n) is 3.09. The van der Waals surface area contributed by atoms with Gasteiger partial charge >= 0.3 is 5.51 Å². The highest BCUT2D eigenvalue weighted by Gasteiger charge is 2.46. The smallest absolute Gasteiger partial charge is 0.214 e. The Morgan fingerprint density at radius 2 is 1.50 bits per heavy atom. The van der Waals surface area contributed by atoms with Crippen molar-refractivity contribution in [3.63, 3.8) is 0 Å². The first-order valence-electron chi connectivity index (χ1n) is 6.04. The van der Waals surface area contributed by atoms with Gasteiger partial charge in [-0.15, -0.1) is 0 Å². The molecule has 7 heteroatoms. The van der Waals surface area contributed by atoms with E-state index in [4.69, 9.17) is 0 Å². The van der Waals surface area contributed by atoms with Crippen LogP contribution >= 0.6 is 15.9 Å². The molecule has 0 aliphatic rings. The fourth-order valence-corrected chi connectivity index (χ4v) is 3.86. The van der Waals surface area contributed by atoms with Crippen LogP contribution in [0.5, 0.6) is 0 Å². The van der Waals surface area contributed by atoms with Crippen molar-refractivity contribution in [2.75, 3.05) is 0 Å². The van der Waals surface area contributed by atoms with Gasteiger partial charge in [0.15, 0.2) is 0 Å². The van der Waals surface area contributed by atoms with Crippen molar-refractivity contribution in [3.8, 4) is 0 Å². The van der Waals surface area contributed by atoms with Crippen LogP contribution < -0.4 is 0 Å². The van der Waals surface area contributed by atoms with Crippen LogP contribution in [-0.2, 0) is 9.84 Å². The first-order chi connectivity index (χ1) is 8.98. The van der Waals surface area contributed by atoms with E-state index in [1.54, 1.807) is 0 Å². The molecule has 1 rings (SSSR count). The molecule has 0 fully saturated rings. The molecule has 0 bridgehead atoms. The lowest BCUT2D eigenvalue weighted by atomic mass is 9.86. The maximum atomic E-state index is 12.4. The maximum absolute atomic E-state index is 12.4. The zero-order valence-corrected chi connectivity index (χ0v) is 13.7. The number of sulfone groups is 1. The van der Waals surface area contributed by atoms with Gasteiger partial charge in [-0.25, -0.2) is 8.42 Å². The van der Waals surface area contributed by atoms with Gasteiger partial charge in [-0.3, -0.25) is 0 Å². The van der Waals surface area contributed by atoms with E-state index < -0.39 is 20.2 Å². The summed E-state index contributed by atoms with van der Waals surface area (Å²) in [4.78, 5) is -0.592. The van der Waals surface area contributed by atoms with E-state index in [1.807, 2.05) is 20.8 Å². The SMILES string of the molecule is CC(C)C(c1ccc(S(=O)(=O)C(F)(F)F)cc1)C(C)Br. The molecular formula is C13H16BrF3O2S. The summed E-state index contributed by atoms with van der Waals surface area (Å²) in [6, 6.07) is 4.92. The maximum Gasteiger partial charge on any atom is 0.501 e. The zero-order chi connectivity index (χ0) is 15.7. The number of rotatable bonds is 4. The summed E-state index contributed by atoms with van der Waals surface area (Å²) in [6.45, 7) is 5.95. The van der Waals surface area contributed by atoms with E-state index in [2.05, 4.69) is 15.9 Å². The van der Waals surface area contributed by atoms with Gasteiger partial charge in [-0.1, -0.05) is 48.8 Å². The first kappa shape index (κ1) is 17.5. The Kier molecular flexibility index (Phi) is 5.29. The van der Waals surface area contributed by atoms with Crippen LogP contribution in [0.1, 0.15) is 32.3 Å². The van der Waals surface area contributed by atoms with E-state index in [1.165, 1.54) is 12.1 Å². The van der Waals surface area contributed by atoms with Crippen molar-refractivity contribution in [2.24, 2.45) is 5.92 Å². The Hall–Kier alpha value is -0.560. The molecule has 0 radical (unpaired) electrons. The van der Waals surface area contributed by atoms with E-state index in [9.17, 15) is 21.6 Å². The lowest BCUT2D eigenvalue weighted by molar-refractivity contribution is -0.0436. The fourth-order valence-electron chi connectivity index (χ4n) is 2.18. The third kappa shape index (κ3) is 3.55. The molecule has 0 saturated heterocycles. The second kappa shape index (κ2) is 6.05. The molecule has 2 unspecified atom stereocenters. The van der Waals surface area contributed by atoms with Gasteiger partial charge in [0, 0.05) is 4.83 Å². The Balaban J connectivity index is 3.18. The standard InChI is InChI=1S/C13H16BrF3O2S/c1-8(2)12(9(3)14)10-4-6-11(7-5-10)20(18,19)13(15,16)17/h4-9,12H,1-3H3. The van der Waals surface area contributed by atoms with Crippen molar-refractivity contribution in [3.05, 3.63) is 29.8 Å². The Morgan fingerprint density at radius 3 is 1.80 bits per heavy atom. The molecule has 1 aromatic rings. The highest BCUT2D eigenvalue weighted by atomic mass is 79.9. The van der Waals surface area contributed by atoms with Gasteiger partial charge in [0.1, 0.15) is 0 Å². The summed E-state index contributed by atoms with van der Waals surface area (Å²) in [5.41, 5.74) is -4.46. The lowest BCUT2D eigenvalue weighted by Gasteiger charge is -2.24. The van der Waals surface area contributed by atoms with Crippen LogP contribution in [-0.4, -0.2) is 18.8 Å². The molecule has 0 saturated carbocycles. The molecule has 0 aliphatic heterocycles. The van der Waals surface area contributed by atoms with Crippen LogP contribution in [0.25, 0.3) is 0 Å². The Labute approximate surface area is 125 Å². The number of benzene rings is 1. The average Bonchev–Trinajstić information content (AvgIpc) is 2.27. The van der Waals surface area contributed by atoms with Crippen LogP contribution in [0, 0.1) is 5.92 Å². The summed E-state index contributed by atoms with van der Waals surface area (Å²) in [5, 5.41) is 0. The average molecular weight is 373 g/mol. The summed E-state index contributed by atoms with van der Waals surface area (Å²) in [7, 11) is -5.27. The zero-order valence-electron chi connectivity index (χ0n) is 11.3. The van der Waals surface area contributed by atoms with Crippen LogP contribution in [0.15, 0.2) is 29.2 Å². The Morgan fingerprint density at radius 1 is 1.05 bits per heavy atom. The summed E-state index contributed by atoms with van der Waals surface area (Å²) >= 11 is 3.47. The molecule has 2 nitrogen and oxygen atoms in total. The predicted molar refractivity (Wildman–Crippen MR) is 75.7 cm³/mol. The molecule has 0 aromatic heterocycles. The predicted octanol–water partition coefficient (Wildman–Crippen LogP) is 4.50. The summed E-state index contributed by atoms with van der Waals surface area (Å²) in [5.74, 6) is 0.368. The molecule has 0 heterocycles. The second-order valence-electron chi connectivity index (χ2n) is 4.97. The topological polar surface area (TPSA) is 34.1 Å². The van der Waals surface area contributed by atoms with Crippen molar-refractivity contribution in [1.29, 1.82) is 0 Å². The van der Waals surface area contributed by atoms with Crippen LogP contribution in [0.3, 0.4) is 0 Å².